The summed E-state index contributed by atoms with van der Waals surface area (Å²) in [6, 6.07) is 5.77. The zero-order valence-electron chi connectivity index (χ0n) is 13.3. The molecular formula is C16H22N4O3. The smallest absolute Gasteiger partial charge is 0.150 e. The Bertz CT molecular complexity index is 591. The molecule has 2 aromatic rings. The fourth-order valence-electron chi connectivity index (χ4n) is 2.58. The highest BCUT2D eigenvalue weighted by Crippen LogP contribution is 2.24. The van der Waals surface area contributed by atoms with Gasteiger partial charge in [0, 0.05) is 26.4 Å². The second-order valence-electron chi connectivity index (χ2n) is 5.36. The van der Waals surface area contributed by atoms with Gasteiger partial charge in [0.15, 0.2) is 0 Å². The molecule has 3 heterocycles. The van der Waals surface area contributed by atoms with E-state index in [1.165, 1.54) is 0 Å². The van der Waals surface area contributed by atoms with Gasteiger partial charge in [-0.2, -0.15) is 0 Å². The molecule has 0 spiro atoms. The molecule has 0 radical (unpaired) electrons. The molecule has 2 aromatic heterocycles. The number of aromatic nitrogens is 2. The molecule has 3 rings (SSSR count). The van der Waals surface area contributed by atoms with Crippen molar-refractivity contribution >= 4 is 5.82 Å². The lowest BCUT2D eigenvalue weighted by Gasteiger charge is -2.33. The molecule has 0 aromatic carbocycles. The second-order valence-corrected chi connectivity index (χ2v) is 5.36. The number of rotatable bonds is 7. The van der Waals surface area contributed by atoms with Crippen molar-refractivity contribution in [1.82, 2.24) is 14.9 Å². The van der Waals surface area contributed by atoms with Crippen molar-refractivity contribution in [2.75, 3.05) is 45.3 Å². The summed E-state index contributed by atoms with van der Waals surface area (Å²) in [4.78, 5) is 11.3. The van der Waals surface area contributed by atoms with E-state index in [2.05, 4.69) is 20.2 Å². The number of hydrogen-bond donors (Lipinski definition) is 1. The SMILES string of the molecule is COCCNc1ccnc([C@H]2COCCN2Cc2ccco2)n1. The van der Waals surface area contributed by atoms with Crippen LogP contribution in [-0.2, 0) is 16.0 Å². The standard InChI is InChI=1S/C16H22N4O3/c1-21-9-6-17-15-4-5-18-16(19-15)14-12-22-10-7-20(14)11-13-3-2-8-23-13/h2-5,8,14H,6-7,9-12H2,1H3,(H,17,18,19)/t14-/m1/s1. The summed E-state index contributed by atoms with van der Waals surface area (Å²) in [5.74, 6) is 2.50. The third-order valence-electron chi connectivity index (χ3n) is 3.76. The Kier molecular flexibility index (Phi) is 5.57. The van der Waals surface area contributed by atoms with Crippen LogP contribution in [0, 0.1) is 0 Å². The number of morpholine rings is 1. The third-order valence-corrected chi connectivity index (χ3v) is 3.76. The molecule has 7 nitrogen and oxygen atoms in total. The van der Waals surface area contributed by atoms with Crippen molar-refractivity contribution in [3.63, 3.8) is 0 Å². The van der Waals surface area contributed by atoms with Crippen LogP contribution in [0.4, 0.5) is 5.82 Å². The predicted molar refractivity (Wildman–Crippen MR) is 85.1 cm³/mol. The molecule has 0 amide bonds. The molecule has 23 heavy (non-hydrogen) atoms. The van der Waals surface area contributed by atoms with Gasteiger partial charge in [0.1, 0.15) is 17.4 Å². The van der Waals surface area contributed by atoms with Crippen LogP contribution < -0.4 is 5.32 Å². The van der Waals surface area contributed by atoms with Gasteiger partial charge in [-0.1, -0.05) is 0 Å². The molecule has 124 valence electrons. The Hall–Kier alpha value is -1.96. The normalized spacial score (nSPS) is 18.9. The number of hydrogen-bond acceptors (Lipinski definition) is 7. The van der Waals surface area contributed by atoms with E-state index in [4.69, 9.17) is 13.9 Å². The van der Waals surface area contributed by atoms with Gasteiger partial charge in [-0.3, -0.25) is 4.90 Å². The average Bonchev–Trinajstić information content (AvgIpc) is 3.09. The molecule has 0 saturated carbocycles. The quantitative estimate of drug-likeness (QED) is 0.779. The molecule has 1 aliphatic rings. The Morgan fingerprint density at radius 2 is 2.39 bits per heavy atom. The number of nitrogens with zero attached hydrogens (tertiary/aromatic N) is 3. The molecule has 1 aliphatic heterocycles. The van der Waals surface area contributed by atoms with Crippen LogP contribution in [0.5, 0.6) is 0 Å². The second kappa shape index (κ2) is 8.05. The largest absolute Gasteiger partial charge is 0.468 e. The van der Waals surface area contributed by atoms with Gasteiger partial charge in [-0.15, -0.1) is 0 Å². The van der Waals surface area contributed by atoms with Crippen molar-refractivity contribution in [1.29, 1.82) is 0 Å². The first-order chi connectivity index (χ1) is 11.4. The van der Waals surface area contributed by atoms with Crippen molar-refractivity contribution < 1.29 is 13.9 Å². The number of furan rings is 1. The van der Waals surface area contributed by atoms with Gasteiger partial charge in [-0.05, 0) is 18.2 Å². The molecule has 0 bridgehead atoms. The molecule has 0 aliphatic carbocycles. The van der Waals surface area contributed by atoms with Gasteiger partial charge in [0.05, 0.1) is 38.7 Å². The molecule has 1 atom stereocenters. The van der Waals surface area contributed by atoms with E-state index in [0.29, 0.717) is 26.4 Å². The summed E-state index contributed by atoms with van der Waals surface area (Å²) in [5.41, 5.74) is 0. The third kappa shape index (κ3) is 4.28. The van der Waals surface area contributed by atoms with E-state index in [1.54, 1.807) is 19.6 Å². The van der Waals surface area contributed by atoms with Crippen LogP contribution >= 0.6 is 0 Å². The van der Waals surface area contributed by atoms with Crippen LogP contribution in [0.2, 0.25) is 0 Å². The topological polar surface area (TPSA) is 72.7 Å². The predicted octanol–water partition coefficient (Wildman–Crippen LogP) is 1.70. The fraction of sp³-hybridized carbons (Fsp3) is 0.500. The van der Waals surface area contributed by atoms with Gasteiger partial charge in [0.2, 0.25) is 0 Å². The summed E-state index contributed by atoms with van der Waals surface area (Å²) >= 11 is 0. The lowest BCUT2D eigenvalue weighted by atomic mass is 10.2. The van der Waals surface area contributed by atoms with Gasteiger partial charge >= 0.3 is 0 Å². The lowest BCUT2D eigenvalue weighted by Crippen LogP contribution is -2.39. The number of anilines is 1. The maximum absolute atomic E-state index is 5.63. The molecule has 7 heteroatoms. The van der Waals surface area contributed by atoms with Crippen molar-refractivity contribution in [3.05, 3.63) is 42.2 Å². The maximum atomic E-state index is 5.63. The van der Waals surface area contributed by atoms with Crippen LogP contribution in [0.15, 0.2) is 35.1 Å². The van der Waals surface area contributed by atoms with Gasteiger partial charge < -0.3 is 19.2 Å². The molecule has 1 N–H and O–H groups in total. The van der Waals surface area contributed by atoms with Gasteiger partial charge in [0.25, 0.3) is 0 Å². The van der Waals surface area contributed by atoms with Crippen molar-refractivity contribution in [2.24, 2.45) is 0 Å². The minimum Gasteiger partial charge on any atom is -0.468 e. The molecule has 1 fully saturated rings. The zero-order valence-corrected chi connectivity index (χ0v) is 13.3. The van der Waals surface area contributed by atoms with E-state index in [1.807, 2.05) is 18.2 Å². The summed E-state index contributed by atoms with van der Waals surface area (Å²) in [7, 11) is 1.68. The first kappa shape index (κ1) is 15.9. The highest BCUT2D eigenvalue weighted by Gasteiger charge is 2.27. The summed E-state index contributed by atoms with van der Waals surface area (Å²) in [6.07, 6.45) is 3.47. The first-order valence-corrected chi connectivity index (χ1v) is 7.77. The Labute approximate surface area is 135 Å². The highest BCUT2D eigenvalue weighted by atomic mass is 16.5. The van der Waals surface area contributed by atoms with Crippen LogP contribution in [0.1, 0.15) is 17.6 Å². The Morgan fingerprint density at radius 1 is 1.43 bits per heavy atom. The Balaban J connectivity index is 1.70. The lowest BCUT2D eigenvalue weighted by molar-refractivity contribution is -0.0185. The number of methoxy groups -OCH3 is 1. The average molecular weight is 318 g/mol. The molecule has 1 saturated heterocycles. The van der Waals surface area contributed by atoms with Crippen LogP contribution in [-0.4, -0.2) is 54.9 Å². The van der Waals surface area contributed by atoms with E-state index < -0.39 is 0 Å². The maximum Gasteiger partial charge on any atom is 0.150 e. The van der Waals surface area contributed by atoms with E-state index in [9.17, 15) is 0 Å². The van der Waals surface area contributed by atoms with E-state index in [-0.39, 0.29) is 6.04 Å². The van der Waals surface area contributed by atoms with E-state index >= 15 is 0 Å². The van der Waals surface area contributed by atoms with Crippen LogP contribution in [0.3, 0.4) is 0 Å². The monoisotopic (exact) mass is 318 g/mol. The summed E-state index contributed by atoms with van der Waals surface area (Å²) in [6.45, 7) is 4.20. The highest BCUT2D eigenvalue weighted by molar-refractivity contribution is 5.33. The molecule has 0 unspecified atom stereocenters. The fourth-order valence-corrected chi connectivity index (χ4v) is 2.58. The van der Waals surface area contributed by atoms with Crippen LogP contribution in [0.25, 0.3) is 0 Å². The molecular weight excluding hydrogens is 296 g/mol. The van der Waals surface area contributed by atoms with E-state index in [0.717, 1.165) is 30.5 Å². The van der Waals surface area contributed by atoms with Gasteiger partial charge in [-0.25, -0.2) is 9.97 Å². The zero-order chi connectivity index (χ0) is 15.9. The minimum absolute atomic E-state index is 0.0259. The Morgan fingerprint density at radius 3 is 3.22 bits per heavy atom. The number of nitrogens with one attached hydrogen (secondary N) is 1. The first-order valence-electron chi connectivity index (χ1n) is 7.77. The van der Waals surface area contributed by atoms with Crippen molar-refractivity contribution in [3.8, 4) is 0 Å². The summed E-state index contributed by atoms with van der Waals surface area (Å²) < 4.78 is 16.1. The van der Waals surface area contributed by atoms with Crippen molar-refractivity contribution in [2.45, 2.75) is 12.6 Å². The minimum atomic E-state index is 0.0259. The number of ether oxygens (including phenoxy) is 2. The summed E-state index contributed by atoms with van der Waals surface area (Å²) in [5, 5.41) is 3.23.